The molecule has 0 fully saturated rings. The lowest BCUT2D eigenvalue weighted by Crippen LogP contribution is -2.21. The first-order valence-corrected chi connectivity index (χ1v) is 8.29. The zero-order valence-corrected chi connectivity index (χ0v) is 14.7. The summed E-state index contributed by atoms with van der Waals surface area (Å²) < 4.78 is 7.75. The van der Waals surface area contributed by atoms with Gasteiger partial charge >= 0.3 is 0 Å². The maximum Gasteiger partial charge on any atom is 0.138 e. The van der Waals surface area contributed by atoms with Crippen LogP contribution in [0.4, 0.5) is 0 Å². The Bertz CT molecular complexity index is 386. The molecule has 0 aromatic heterocycles. The topological polar surface area (TPSA) is 33.3 Å². The molecule has 108 valence electrons. The summed E-state index contributed by atoms with van der Waals surface area (Å²) in [5, 5.41) is 6.77. The van der Waals surface area contributed by atoms with Crippen LogP contribution in [0.1, 0.15) is 25.8 Å². The van der Waals surface area contributed by atoms with E-state index >= 15 is 0 Å². The molecule has 19 heavy (non-hydrogen) atoms. The van der Waals surface area contributed by atoms with E-state index in [0.717, 1.165) is 47.3 Å². The molecule has 1 aromatic carbocycles. The Morgan fingerprint density at radius 1 is 1.11 bits per heavy atom. The van der Waals surface area contributed by atoms with Crippen LogP contribution in [0.25, 0.3) is 0 Å². The van der Waals surface area contributed by atoms with Crippen LogP contribution in [-0.2, 0) is 6.54 Å². The molecule has 3 nitrogen and oxygen atoms in total. The maximum atomic E-state index is 5.70. The average Bonchev–Trinajstić information content (AvgIpc) is 2.37. The van der Waals surface area contributed by atoms with Crippen LogP contribution >= 0.6 is 31.9 Å². The Morgan fingerprint density at radius 2 is 1.84 bits per heavy atom. The summed E-state index contributed by atoms with van der Waals surface area (Å²) in [6.45, 7) is 8.72. The van der Waals surface area contributed by atoms with Crippen LogP contribution in [-0.4, -0.2) is 26.2 Å². The standard InChI is InChI=1S/C14H22Br2N2O/c1-3-17-6-5-7-18-10-11-8-12(15)9-13(16)14(11)19-4-2/h8-9,17-18H,3-7,10H2,1-2H3. The van der Waals surface area contributed by atoms with E-state index in [2.05, 4.69) is 55.5 Å². The molecule has 0 saturated carbocycles. The quantitative estimate of drug-likeness (QED) is 0.627. The summed E-state index contributed by atoms with van der Waals surface area (Å²) in [6, 6.07) is 4.12. The Balaban J connectivity index is 2.51. The highest BCUT2D eigenvalue weighted by Gasteiger charge is 2.09. The second-order valence-electron chi connectivity index (χ2n) is 4.19. The van der Waals surface area contributed by atoms with Crippen molar-refractivity contribution in [1.29, 1.82) is 0 Å². The molecule has 0 saturated heterocycles. The summed E-state index contributed by atoms with van der Waals surface area (Å²) >= 11 is 7.07. The van der Waals surface area contributed by atoms with Gasteiger partial charge in [-0.25, -0.2) is 0 Å². The Morgan fingerprint density at radius 3 is 2.53 bits per heavy atom. The summed E-state index contributed by atoms with van der Waals surface area (Å²) in [4.78, 5) is 0. The van der Waals surface area contributed by atoms with E-state index in [1.165, 1.54) is 5.56 Å². The van der Waals surface area contributed by atoms with E-state index in [4.69, 9.17) is 4.74 Å². The highest BCUT2D eigenvalue weighted by Crippen LogP contribution is 2.32. The minimum atomic E-state index is 0.674. The fourth-order valence-electron chi connectivity index (χ4n) is 1.79. The van der Waals surface area contributed by atoms with Crippen molar-refractivity contribution in [3.63, 3.8) is 0 Å². The number of hydrogen-bond donors (Lipinski definition) is 2. The molecule has 0 aliphatic carbocycles. The van der Waals surface area contributed by atoms with E-state index < -0.39 is 0 Å². The van der Waals surface area contributed by atoms with Crippen LogP contribution < -0.4 is 15.4 Å². The molecular formula is C14H22Br2N2O. The van der Waals surface area contributed by atoms with Crippen molar-refractivity contribution < 1.29 is 4.74 Å². The van der Waals surface area contributed by atoms with E-state index in [1.54, 1.807) is 0 Å². The van der Waals surface area contributed by atoms with Gasteiger partial charge in [-0.3, -0.25) is 0 Å². The lowest BCUT2D eigenvalue weighted by atomic mass is 10.2. The second-order valence-corrected chi connectivity index (χ2v) is 5.96. The molecule has 0 spiro atoms. The monoisotopic (exact) mass is 392 g/mol. The largest absolute Gasteiger partial charge is 0.492 e. The molecule has 0 radical (unpaired) electrons. The summed E-state index contributed by atoms with van der Waals surface area (Å²) in [5.41, 5.74) is 1.17. The van der Waals surface area contributed by atoms with Gasteiger partial charge in [0.25, 0.3) is 0 Å². The maximum absolute atomic E-state index is 5.70. The van der Waals surface area contributed by atoms with Crippen molar-refractivity contribution in [2.24, 2.45) is 0 Å². The third-order valence-electron chi connectivity index (χ3n) is 2.65. The van der Waals surface area contributed by atoms with Crippen molar-refractivity contribution in [1.82, 2.24) is 10.6 Å². The van der Waals surface area contributed by atoms with Gasteiger partial charge in [0.05, 0.1) is 11.1 Å². The molecule has 5 heteroatoms. The Kier molecular flexibility index (Phi) is 8.70. The highest BCUT2D eigenvalue weighted by atomic mass is 79.9. The summed E-state index contributed by atoms with van der Waals surface area (Å²) in [7, 11) is 0. The van der Waals surface area contributed by atoms with Crippen molar-refractivity contribution in [3.05, 3.63) is 26.6 Å². The van der Waals surface area contributed by atoms with E-state index in [0.29, 0.717) is 6.61 Å². The molecule has 0 aliphatic heterocycles. The first-order valence-electron chi connectivity index (χ1n) is 6.71. The normalized spacial score (nSPS) is 10.7. The summed E-state index contributed by atoms with van der Waals surface area (Å²) in [5.74, 6) is 0.935. The molecule has 0 unspecified atom stereocenters. The van der Waals surface area contributed by atoms with Crippen molar-refractivity contribution in [2.45, 2.75) is 26.8 Å². The van der Waals surface area contributed by atoms with Crippen LogP contribution in [0.15, 0.2) is 21.1 Å². The molecule has 0 aliphatic rings. The first-order chi connectivity index (χ1) is 9.19. The third-order valence-corrected chi connectivity index (χ3v) is 3.69. The Hall–Kier alpha value is -0.100. The zero-order valence-electron chi connectivity index (χ0n) is 11.6. The van der Waals surface area contributed by atoms with Crippen LogP contribution in [0, 0.1) is 0 Å². The molecule has 0 atom stereocenters. The van der Waals surface area contributed by atoms with E-state index in [-0.39, 0.29) is 0 Å². The van der Waals surface area contributed by atoms with Gasteiger partial charge in [0.15, 0.2) is 0 Å². The number of rotatable bonds is 9. The second kappa shape index (κ2) is 9.75. The fraction of sp³-hybridized carbons (Fsp3) is 0.571. The average molecular weight is 394 g/mol. The predicted octanol–water partition coefficient (Wildman–Crippen LogP) is 3.70. The number of hydrogen-bond acceptors (Lipinski definition) is 3. The predicted molar refractivity (Wildman–Crippen MR) is 87.9 cm³/mol. The smallest absolute Gasteiger partial charge is 0.138 e. The number of halogens is 2. The Labute approximate surface area is 132 Å². The molecule has 2 N–H and O–H groups in total. The molecule has 0 bridgehead atoms. The van der Waals surface area contributed by atoms with Crippen molar-refractivity contribution in [3.8, 4) is 5.75 Å². The van der Waals surface area contributed by atoms with Crippen molar-refractivity contribution in [2.75, 3.05) is 26.2 Å². The lowest BCUT2D eigenvalue weighted by Gasteiger charge is -2.13. The van der Waals surface area contributed by atoms with Crippen molar-refractivity contribution >= 4 is 31.9 Å². The minimum absolute atomic E-state index is 0.674. The molecular weight excluding hydrogens is 372 g/mol. The van der Waals surface area contributed by atoms with Gasteiger partial charge in [-0.2, -0.15) is 0 Å². The van der Waals surface area contributed by atoms with Gasteiger partial charge in [-0.1, -0.05) is 22.9 Å². The zero-order chi connectivity index (χ0) is 14.1. The van der Waals surface area contributed by atoms with Gasteiger partial charge < -0.3 is 15.4 Å². The van der Waals surface area contributed by atoms with Crippen LogP contribution in [0.2, 0.25) is 0 Å². The van der Waals surface area contributed by atoms with E-state index in [1.807, 2.05) is 13.0 Å². The molecule has 0 amide bonds. The van der Waals surface area contributed by atoms with Gasteiger partial charge in [-0.15, -0.1) is 0 Å². The van der Waals surface area contributed by atoms with Gasteiger partial charge in [0, 0.05) is 16.6 Å². The first kappa shape index (κ1) is 17.0. The SMILES string of the molecule is CCNCCCNCc1cc(Br)cc(Br)c1OCC. The molecule has 0 heterocycles. The van der Waals surface area contributed by atoms with Crippen LogP contribution in [0.3, 0.4) is 0 Å². The van der Waals surface area contributed by atoms with Crippen LogP contribution in [0.5, 0.6) is 5.75 Å². The van der Waals surface area contributed by atoms with E-state index in [9.17, 15) is 0 Å². The highest BCUT2D eigenvalue weighted by molar-refractivity contribution is 9.11. The van der Waals surface area contributed by atoms with Gasteiger partial charge in [0.2, 0.25) is 0 Å². The summed E-state index contributed by atoms with van der Waals surface area (Å²) in [6.07, 6.45) is 1.13. The van der Waals surface area contributed by atoms with Gasteiger partial charge in [0.1, 0.15) is 5.75 Å². The number of ether oxygens (including phenoxy) is 1. The molecule has 1 aromatic rings. The fourth-order valence-corrected chi connectivity index (χ4v) is 3.22. The van der Waals surface area contributed by atoms with Gasteiger partial charge in [-0.05, 0) is 61.0 Å². The third kappa shape index (κ3) is 6.25. The number of benzene rings is 1. The lowest BCUT2D eigenvalue weighted by molar-refractivity contribution is 0.333. The minimum Gasteiger partial charge on any atom is -0.492 e. The molecule has 1 rings (SSSR count). The number of nitrogens with one attached hydrogen (secondary N) is 2.